The predicted molar refractivity (Wildman–Crippen MR) is 114 cm³/mol. The lowest BCUT2D eigenvalue weighted by atomic mass is 9.85. The zero-order valence-electron chi connectivity index (χ0n) is 16.6. The summed E-state index contributed by atoms with van der Waals surface area (Å²) in [4.78, 5) is 12.1. The molecule has 0 unspecified atom stereocenters. The Morgan fingerprint density at radius 2 is 1.84 bits per heavy atom. The van der Waals surface area contributed by atoms with Crippen LogP contribution in [0.4, 0.5) is 13.2 Å². The molecule has 0 spiro atoms. The lowest BCUT2D eigenvalue weighted by Gasteiger charge is -2.27. The number of primary amides is 1. The van der Waals surface area contributed by atoms with Crippen LogP contribution in [0.3, 0.4) is 0 Å². The average Bonchev–Trinajstić information content (AvgIpc) is 3.16. The van der Waals surface area contributed by atoms with Gasteiger partial charge in [0.05, 0.1) is 5.56 Å². The molecule has 0 radical (unpaired) electrons. The molecule has 4 N–H and O–H groups in total. The van der Waals surface area contributed by atoms with Gasteiger partial charge in [0.2, 0.25) is 5.91 Å². The monoisotopic (exact) mass is 462 g/mol. The van der Waals surface area contributed by atoms with E-state index in [9.17, 15) is 13.6 Å². The molecule has 0 bridgehead atoms. The van der Waals surface area contributed by atoms with E-state index >= 15 is 4.39 Å². The summed E-state index contributed by atoms with van der Waals surface area (Å²) in [5, 5.41) is 0.0869. The van der Waals surface area contributed by atoms with Gasteiger partial charge in [-0.2, -0.15) is 8.78 Å². The number of carbonyl (C=O) groups excluding carboxylic acids is 1. The third-order valence-corrected chi connectivity index (χ3v) is 5.77. The molecular weight excluding hydrogens is 445 g/mol. The number of nitrogens with two attached hydrogens (primary N) is 2. The summed E-state index contributed by atoms with van der Waals surface area (Å²) in [6, 6.07) is 14.4. The molecular formula is C23H18ClF3N2O3. The summed E-state index contributed by atoms with van der Waals surface area (Å²) in [7, 11) is 0. The fourth-order valence-corrected chi connectivity index (χ4v) is 4.27. The highest BCUT2D eigenvalue weighted by Gasteiger charge is 2.42. The first-order chi connectivity index (χ1) is 15.3. The first kappa shape index (κ1) is 22.0. The highest BCUT2D eigenvalue weighted by molar-refractivity contribution is 6.34. The lowest BCUT2D eigenvalue weighted by molar-refractivity contribution is -0.0521. The molecule has 0 saturated carbocycles. The standard InChI is InChI=1S/C23H18ClF3N2O3/c24-15-7-9-16-14(10-23(11-28,32-16)12-4-2-1-3-5-12)18(15)19-13(21(29)30)6-8-17(20(19)25)31-22(26)27/h1-9,22H,10-11,28H2,(H2,29,30)/t23-/m1/s1. The van der Waals surface area contributed by atoms with Crippen molar-refractivity contribution < 1.29 is 27.4 Å². The fourth-order valence-electron chi connectivity index (χ4n) is 4.00. The molecule has 0 aliphatic carbocycles. The second kappa shape index (κ2) is 8.37. The van der Waals surface area contributed by atoms with Gasteiger partial charge >= 0.3 is 6.61 Å². The Hall–Kier alpha value is -3.23. The van der Waals surface area contributed by atoms with Crippen molar-refractivity contribution in [2.45, 2.75) is 18.6 Å². The third kappa shape index (κ3) is 3.65. The van der Waals surface area contributed by atoms with Crippen molar-refractivity contribution in [3.05, 3.63) is 82.1 Å². The number of hydrogen-bond acceptors (Lipinski definition) is 4. The van der Waals surface area contributed by atoms with Crippen LogP contribution in [-0.4, -0.2) is 19.1 Å². The Bertz CT molecular complexity index is 1190. The number of hydrogen-bond donors (Lipinski definition) is 2. The van der Waals surface area contributed by atoms with Crippen LogP contribution in [0.15, 0.2) is 54.6 Å². The van der Waals surface area contributed by atoms with E-state index in [4.69, 9.17) is 27.8 Å². The zero-order valence-corrected chi connectivity index (χ0v) is 17.3. The van der Waals surface area contributed by atoms with E-state index in [2.05, 4.69) is 4.74 Å². The van der Waals surface area contributed by atoms with Crippen LogP contribution in [0.2, 0.25) is 5.02 Å². The summed E-state index contributed by atoms with van der Waals surface area (Å²) >= 11 is 6.44. The van der Waals surface area contributed by atoms with E-state index in [-0.39, 0.29) is 34.7 Å². The summed E-state index contributed by atoms with van der Waals surface area (Å²) in [6.45, 7) is -3.16. The minimum atomic E-state index is -3.26. The molecule has 0 saturated heterocycles. The van der Waals surface area contributed by atoms with E-state index in [1.54, 1.807) is 6.07 Å². The van der Waals surface area contributed by atoms with Crippen molar-refractivity contribution in [3.8, 4) is 22.6 Å². The molecule has 3 aromatic carbocycles. The number of halogens is 4. The van der Waals surface area contributed by atoms with Crippen LogP contribution in [0, 0.1) is 5.82 Å². The molecule has 1 aliphatic heterocycles. The molecule has 5 nitrogen and oxygen atoms in total. The number of carbonyl (C=O) groups is 1. The van der Waals surface area contributed by atoms with Gasteiger partial charge in [0.15, 0.2) is 17.2 Å². The maximum Gasteiger partial charge on any atom is 0.387 e. The zero-order chi connectivity index (χ0) is 23.0. The first-order valence-electron chi connectivity index (χ1n) is 9.61. The largest absolute Gasteiger partial charge is 0.481 e. The SMILES string of the molecule is NC[C@@]1(c2ccccc2)Cc2c(ccc(Cl)c2-c2c(C(N)=O)ccc(OC(F)F)c2F)O1. The molecule has 32 heavy (non-hydrogen) atoms. The minimum Gasteiger partial charge on any atom is -0.481 e. The average molecular weight is 463 g/mol. The number of ether oxygens (including phenoxy) is 2. The Labute approximate surface area is 186 Å². The molecule has 1 aliphatic rings. The normalized spacial score (nSPS) is 17.2. The summed E-state index contributed by atoms with van der Waals surface area (Å²) in [5.41, 5.74) is 11.4. The van der Waals surface area contributed by atoms with Gasteiger partial charge in [-0.25, -0.2) is 4.39 Å². The van der Waals surface area contributed by atoms with Crippen molar-refractivity contribution in [3.63, 3.8) is 0 Å². The molecule has 1 atom stereocenters. The number of rotatable bonds is 6. The third-order valence-electron chi connectivity index (χ3n) is 5.45. The first-order valence-corrected chi connectivity index (χ1v) is 9.98. The summed E-state index contributed by atoms with van der Waals surface area (Å²) < 4.78 is 51.5. The van der Waals surface area contributed by atoms with Gasteiger partial charge in [-0.05, 0) is 29.8 Å². The molecule has 0 fully saturated rings. The molecule has 9 heteroatoms. The molecule has 1 heterocycles. The number of alkyl halides is 2. The van der Waals surface area contributed by atoms with Crippen LogP contribution in [0.5, 0.6) is 11.5 Å². The quantitative estimate of drug-likeness (QED) is 0.559. The maximum atomic E-state index is 15.4. The molecule has 166 valence electrons. The minimum absolute atomic E-state index is 0.0869. The predicted octanol–water partition coefficient (Wildman–Crippen LogP) is 4.64. The Morgan fingerprint density at radius 3 is 2.47 bits per heavy atom. The maximum absolute atomic E-state index is 15.4. The smallest absolute Gasteiger partial charge is 0.387 e. The van der Waals surface area contributed by atoms with Crippen molar-refractivity contribution >= 4 is 17.5 Å². The second-order valence-corrected chi connectivity index (χ2v) is 7.69. The molecule has 0 aromatic heterocycles. The Balaban J connectivity index is 1.94. The van der Waals surface area contributed by atoms with E-state index in [0.29, 0.717) is 11.3 Å². The molecule has 1 amide bonds. The van der Waals surface area contributed by atoms with E-state index in [1.165, 1.54) is 6.07 Å². The number of fused-ring (bicyclic) bond motifs is 1. The topological polar surface area (TPSA) is 87.6 Å². The van der Waals surface area contributed by atoms with Gasteiger partial charge in [-0.15, -0.1) is 0 Å². The van der Waals surface area contributed by atoms with Gasteiger partial charge in [-0.3, -0.25) is 4.79 Å². The van der Waals surface area contributed by atoms with E-state index < -0.39 is 29.7 Å². The van der Waals surface area contributed by atoms with Crippen molar-refractivity contribution in [1.29, 1.82) is 0 Å². The molecule has 3 aromatic rings. The lowest BCUT2D eigenvalue weighted by Crippen LogP contribution is -2.39. The van der Waals surface area contributed by atoms with Crippen LogP contribution >= 0.6 is 11.6 Å². The van der Waals surface area contributed by atoms with E-state index in [0.717, 1.165) is 17.7 Å². The van der Waals surface area contributed by atoms with E-state index in [1.807, 2.05) is 30.3 Å². The summed E-state index contributed by atoms with van der Waals surface area (Å²) in [6.07, 6.45) is 0.205. The highest BCUT2D eigenvalue weighted by Crippen LogP contribution is 2.49. The van der Waals surface area contributed by atoms with Crippen molar-refractivity contribution in [1.82, 2.24) is 0 Å². The number of benzene rings is 3. The van der Waals surface area contributed by atoms with Gasteiger partial charge in [0.1, 0.15) is 5.75 Å². The van der Waals surface area contributed by atoms with Gasteiger partial charge in [-0.1, -0.05) is 41.9 Å². The molecule has 4 rings (SSSR count). The second-order valence-electron chi connectivity index (χ2n) is 7.29. The number of amides is 1. The van der Waals surface area contributed by atoms with Crippen LogP contribution < -0.4 is 20.9 Å². The van der Waals surface area contributed by atoms with Crippen LogP contribution in [0.1, 0.15) is 21.5 Å². The Kier molecular flexibility index (Phi) is 5.75. The van der Waals surface area contributed by atoms with Gasteiger partial charge < -0.3 is 20.9 Å². The van der Waals surface area contributed by atoms with Crippen LogP contribution in [-0.2, 0) is 12.0 Å². The fraction of sp³-hybridized carbons (Fsp3) is 0.174. The van der Waals surface area contributed by atoms with Crippen LogP contribution in [0.25, 0.3) is 11.1 Å². The van der Waals surface area contributed by atoms with Crippen molar-refractivity contribution in [2.75, 3.05) is 6.54 Å². The van der Waals surface area contributed by atoms with Gasteiger partial charge in [0.25, 0.3) is 0 Å². The highest BCUT2D eigenvalue weighted by atomic mass is 35.5. The van der Waals surface area contributed by atoms with Gasteiger partial charge in [0, 0.05) is 34.7 Å². The Morgan fingerprint density at radius 1 is 1.12 bits per heavy atom. The summed E-state index contributed by atoms with van der Waals surface area (Å²) in [5.74, 6) is -2.49. The van der Waals surface area contributed by atoms with Crippen molar-refractivity contribution in [2.24, 2.45) is 11.5 Å².